The van der Waals surface area contributed by atoms with E-state index < -0.39 is 23.1 Å². The molecule has 0 aromatic rings. The van der Waals surface area contributed by atoms with Crippen LogP contribution in [0, 0.1) is 29.6 Å². The van der Waals surface area contributed by atoms with Crippen LogP contribution in [0.25, 0.3) is 0 Å². The highest BCUT2D eigenvalue weighted by Gasteiger charge is 2.73. The second-order valence-electron chi connectivity index (χ2n) is 8.74. The monoisotopic (exact) mass is 364 g/mol. The molecule has 2 N–H and O–H groups in total. The van der Waals surface area contributed by atoms with Crippen molar-refractivity contribution in [3.8, 4) is 11.8 Å². The molecule has 26 heavy (non-hydrogen) atoms. The number of fused-ring (bicyclic) bond motifs is 2. The van der Waals surface area contributed by atoms with E-state index in [2.05, 4.69) is 11.8 Å². The Hall–Kier alpha value is -0.640. The van der Waals surface area contributed by atoms with Gasteiger partial charge in [-0.25, -0.2) is 0 Å². The average molecular weight is 364 g/mol. The summed E-state index contributed by atoms with van der Waals surface area (Å²) in [6, 6.07) is 0. The second-order valence-corrected chi connectivity index (χ2v) is 8.74. The highest BCUT2D eigenvalue weighted by atomic mass is 16.8. The Balaban J connectivity index is 1.55. The van der Waals surface area contributed by atoms with Crippen LogP contribution in [0.15, 0.2) is 0 Å². The molecule has 1 aliphatic heterocycles. The summed E-state index contributed by atoms with van der Waals surface area (Å²) in [7, 11) is 1.71. The molecule has 0 bridgehead atoms. The van der Waals surface area contributed by atoms with Crippen LogP contribution in [0.1, 0.15) is 58.3 Å². The fourth-order valence-corrected chi connectivity index (χ4v) is 5.80. The topological polar surface area (TPSA) is 68.2 Å². The Morgan fingerprint density at radius 2 is 1.81 bits per heavy atom. The van der Waals surface area contributed by atoms with E-state index in [1.54, 1.807) is 7.11 Å². The zero-order chi connectivity index (χ0) is 18.4. The lowest BCUT2D eigenvalue weighted by molar-refractivity contribution is -0.381. The molecule has 3 saturated carbocycles. The third-order valence-corrected chi connectivity index (χ3v) is 7.40. The molecule has 4 aliphatic rings. The Labute approximate surface area is 156 Å². The number of hydrogen-bond donors (Lipinski definition) is 2. The lowest BCUT2D eigenvalue weighted by Crippen LogP contribution is -2.74. The van der Waals surface area contributed by atoms with Gasteiger partial charge in [-0.1, -0.05) is 31.1 Å². The zero-order valence-corrected chi connectivity index (χ0v) is 16.0. The first kappa shape index (κ1) is 18.7. The quantitative estimate of drug-likeness (QED) is 0.736. The fraction of sp³-hybridized carbons (Fsp3) is 0.905. The average Bonchev–Trinajstić information content (AvgIpc) is 3.14. The summed E-state index contributed by atoms with van der Waals surface area (Å²) in [4.78, 5) is 0. The molecule has 0 aromatic carbocycles. The van der Waals surface area contributed by atoms with Gasteiger partial charge in [-0.05, 0) is 38.5 Å². The molecule has 1 saturated heterocycles. The summed E-state index contributed by atoms with van der Waals surface area (Å²) >= 11 is 0. The largest absolute Gasteiger partial charge is 0.392 e. The first-order chi connectivity index (χ1) is 12.4. The standard InChI is InChI=1S/C21H32O5/c1-19(23,15-6-4-3-5-7-15)10-8-16-17-14-21(25-12-13-26-21)20(17,24-2)11-9-18(16)22/h15-18,22-23H,3-7,9,11-14H2,1-2H3/t16-,17-,18-,19+,20-/m0/s1. The summed E-state index contributed by atoms with van der Waals surface area (Å²) in [5, 5.41) is 21.5. The molecule has 0 unspecified atom stereocenters. The van der Waals surface area contributed by atoms with Crippen molar-refractivity contribution in [1.82, 2.24) is 0 Å². The maximum absolute atomic E-state index is 10.9. The number of methoxy groups -OCH3 is 1. The smallest absolute Gasteiger partial charge is 0.198 e. The number of rotatable bonds is 2. The van der Waals surface area contributed by atoms with Crippen LogP contribution in [0.2, 0.25) is 0 Å². The second kappa shape index (κ2) is 6.76. The highest BCUT2D eigenvalue weighted by Crippen LogP contribution is 2.62. The summed E-state index contributed by atoms with van der Waals surface area (Å²) in [6.45, 7) is 3.01. The van der Waals surface area contributed by atoms with Crippen LogP contribution >= 0.6 is 0 Å². The third-order valence-electron chi connectivity index (χ3n) is 7.40. The minimum atomic E-state index is -0.991. The van der Waals surface area contributed by atoms with Gasteiger partial charge in [-0.15, -0.1) is 0 Å². The van der Waals surface area contributed by atoms with Crippen molar-refractivity contribution in [1.29, 1.82) is 0 Å². The molecule has 1 spiro atoms. The molecule has 5 nitrogen and oxygen atoms in total. The van der Waals surface area contributed by atoms with Gasteiger partial charge in [0, 0.05) is 19.4 Å². The number of ether oxygens (including phenoxy) is 3. The first-order valence-electron chi connectivity index (χ1n) is 10.2. The van der Waals surface area contributed by atoms with Crippen molar-refractivity contribution in [3.63, 3.8) is 0 Å². The van der Waals surface area contributed by atoms with Crippen molar-refractivity contribution in [3.05, 3.63) is 0 Å². The van der Waals surface area contributed by atoms with Gasteiger partial charge < -0.3 is 24.4 Å². The summed E-state index contributed by atoms with van der Waals surface area (Å²) in [6.07, 6.45) is 7.19. The Morgan fingerprint density at radius 3 is 2.46 bits per heavy atom. The van der Waals surface area contributed by atoms with Crippen LogP contribution in [0.3, 0.4) is 0 Å². The van der Waals surface area contributed by atoms with Gasteiger partial charge in [-0.2, -0.15) is 0 Å². The third kappa shape index (κ3) is 2.73. The molecule has 4 rings (SSSR count). The first-order valence-corrected chi connectivity index (χ1v) is 10.2. The molecule has 146 valence electrons. The van der Waals surface area contributed by atoms with E-state index in [0.717, 1.165) is 12.8 Å². The zero-order valence-electron chi connectivity index (χ0n) is 16.0. The van der Waals surface area contributed by atoms with Gasteiger partial charge in [0.05, 0.1) is 25.2 Å². The van der Waals surface area contributed by atoms with Crippen molar-refractivity contribution >= 4 is 0 Å². The molecular weight excluding hydrogens is 332 g/mol. The van der Waals surface area contributed by atoms with Crippen LogP contribution in [-0.2, 0) is 14.2 Å². The minimum absolute atomic E-state index is 0.0732. The molecule has 0 aromatic heterocycles. The van der Waals surface area contributed by atoms with Gasteiger partial charge in [-0.3, -0.25) is 0 Å². The van der Waals surface area contributed by atoms with Gasteiger partial charge >= 0.3 is 0 Å². The van der Waals surface area contributed by atoms with Crippen LogP contribution in [-0.4, -0.2) is 53.6 Å². The highest BCUT2D eigenvalue weighted by molar-refractivity contribution is 5.26. The van der Waals surface area contributed by atoms with Crippen molar-refractivity contribution in [2.75, 3.05) is 20.3 Å². The molecule has 5 atom stereocenters. The molecule has 4 fully saturated rings. The van der Waals surface area contributed by atoms with Crippen molar-refractivity contribution in [2.45, 2.75) is 81.4 Å². The lowest BCUT2D eigenvalue weighted by Gasteiger charge is -2.63. The maximum atomic E-state index is 10.9. The van der Waals surface area contributed by atoms with Gasteiger partial charge in [0.15, 0.2) is 5.79 Å². The number of aliphatic hydroxyl groups excluding tert-OH is 1. The molecule has 0 radical (unpaired) electrons. The van der Waals surface area contributed by atoms with E-state index in [-0.39, 0.29) is 17.8 Å². The maximum Gasteiger partial charge on any atom is 0.198 e. The van der Waals surface area contributed by atoms with Crippen LogP contribution in [0.4, 0.5) is 0 Å². The van der Waals surface area contributed by atoms with E-state index in [0.29, 0.717) is 32.5 Å². The van der Waals surface area contributed by atoms with Gasteiger partial charge in [0.25, 0.3) is 0 Å². The van der Waals surface area contributed by atoms with Crippen molar-refractivity contribution < 1.29 is 24.4 Å². The number of hydrogen-bond acceptors (Lipinski definition) is 5. The normalized spacial score (nSPS) is 41.6. The lowest BCUT2D eigenvalue weighted by atomic mass is 9.52. The summed E-state index contributed by atoms with van der Waals surface area (Å²) in [5.41, 5.74) is -1.52. The van der Waals surface area contributed by atoms with E-state index in [4.69, 9.17) is 14.2 Å². The van der Waals surface area contributed by atoms with E-state index in [1.807, 2.05) is 6.92 Å². The van der Waals surface area contributed by atoms with Gasteiger partial charge in [0.1, 0.15) is 11.2 Å². The molecule has 1 heterocycles. The molecule has 3 aliphatic carbocycles. The van der Waals surface area contributed by atoms with Crippen LogP contribution in [0.5, 0.6) is 0 Å². The predicted molar refractivity (Wildman–Crippen MR) is 96.2 cm³/mol. The van der Waals surface area contributed by atoms with E-state index in [9.17, 15) is 10.2 Å². The van der Waals surface area contributed by atoms with Gasteiger partial charge in [0.2, 0.25) is 0 Å². The predicted octanol–water partition coefficient (Wildman–Crippen LogP) is 2.24. The SMILES string of the molecule is CO[C@@]12CC[C@H](O)[C@@H](C#C[C@@](C)(O)C3CCCCC3)[C@@H]1CC21OCCO1. The molecule has 5 heteroatoms. The van der Waals surface area contributed by atoms with E-state index in [1.165, 1.54) is 19.3 Å². The Kier molecular flexibility index (Phi) is 4.86. The van der Waals surface area contributed by atoms with Crippen LogP contribution < -0.4 is 0 Å². The fourth-order valence-electron chi connectivity index (χ4n) is 5.80. The number of aliphatic hydroxyl groups is 2. The molecule has 0 amide bonds. The van der Waals surface area contributed by atoms with Crippen molar-refractivity contribution in [2.24, 2.45) is 17.8 Å². The summed E-state index contributed by atoms with van der Waals surface area (Å²) < 4.78 is 17.8. The Morgan fingerprint density at radius 1 is 1.12 bits per heavy atom. The van der Waals surface area contributed by atoms with E-state index >= 15 is 0 Å². The summed E-state index contributed by atoms with van der Waals surface area (Å²) in [5.74, 6) is 5.83. The Bertz CT molecular complexity index is 579. The molecular formula is C21H32O5. The minimum Gasteiger partial charge on any atom is -0.392 e.